The van der Waals surface area contributed by atoms with Crippen molar-refractivity contribution in [2.75, 3.05) is 44.7 Å². The second kappa shape index (κ2) is 10.8. The van der Waals surface area contributed by atoms with Gasteiger partial charge in [-0.25, -0.2) is 0 Å². The van der Waals surface area contributed by atoms with Crippen molar-refractivity contribution in [3.05, 3.63) is 29.8 Å². The zero-order valence-electron chi connectivity index (χ0n) is 19.4. The normalized spacial score (nSPS) is 23.2. The molecule has 0 bridgehead atoms. The van der Waals surface area contributed by atoms with Crippen molar-refractivity contribution >= 4 is 5.69 Å². The Hall–Kier alpha value is -1.10. The number of piperazine rings is 1. The highest BCUT2D eigenvalue weighted by Gasteiger charge is 2.32. The molecule has 0 unspecified atom stereocenters. The van der Waals surface area contributed by atoms with E-state index in [9.17, 15) is 0 Å². The van der Waals surface area contributed by atoms with E-state index in [1.54, 1.807) is 0 Å². The van der Waals surface area contributed by atoms with Crippen LogP contribution in [0.3, 0.4) is 0 Å². The second-order valence-corrected chi connectivity index (χ2v) is 9.85. The van der Waals surface area contributed by atoms with Crippen LogP contribution in [0.4, 0.5) is 5.69 Å². The fraction of sp³-hybridized carbons (Fsp3) is 0.760. The van der Waals surface area contributed by atoms with Crippen LogP contribution < -0.4 is 4.90 Å². The van der Waals surface area contributed by atoms with Crippen LogP contribution in [0.5, 0.6) is 0 Å². The maximum atomic E-state index is 6.03. The first-order valence-electron chi connectivity index (χ1n) is 11.8. The molecule has 0 spiro atoms. The second-order valence-electron chi connectivity index (χ2n) is 9.85. The van der Waals surface area contributed by atoms with Crippen LogP contribution in [0.2, 0.25) is 0 Å². The van der Waals surface area contributed by atoms with Crippen molar-refractivity contribution in [1.82, 2.24) is 9.80 Å². The molecular weight excluding hydrogens is 358 g/mol. The van der Waals surface area contributed by atoms with Crippen molar-refractivity contribution in [2.45, 2.75) is 78.1 Å². The van der Waals surface area contributed by atoms with Crippen LogP contribution in [0.15, 0.2) is 24.3 Å². The molecule has 1 saturated heterocycles. The predicted molar refractivity (Wildman–Crippen MR) is 124 cm³/mol. The lowest BCUT2D eigenvalue weighted by molar-refractivity contribution is -0.0483. The van der Waals surface area contributed by atoms with E-state index in [1.807, 2.05) is 0 Å². The summed E-state index contributed by atoms with van der Waals surface area (Å²) in [5, 5.41) is 0. The molecule has 1 aliphatic heterocycles. The summed E-state index contributed by atoms with van der Waals surface area (Å²) in [5.74, 6) is 0.787. The molecule has 1 aliphatic carbocycles. The minimum absolute atomic E-state index is 0.487. The van der Waals surface area contributed by atoms with Gasteiger partial charge in [-0.2, -0.15) is 0 Å². The molecule has 1 aromatic carbocycles. The van der Waals surface area contributed by atoms with Crippen molar-refractivity contribution in [2.24, 2.45) is 5.92 Å². The molecule has 0 aromatic heterocycles. The molecule has 0 amide bonds. The Kier molecular flexibility index (Phi) is 8.40. The fourth-order valence-electron chi connectivity index (χ4n) is 4.50. The Bertz CT molecular complexity index is 587. The monoisotopic (exact) mass is 401 g/mol. The summed E-state index contributed by atoms with van der Waals surface area (Å²) < 4.78 is 6.03. The van der Waals surface area contributed by atoms with E-state index in [0.717, 1.165) is 32.2 Å². The average Bonchev–Trinajstić information content (AvgIpc) is 2.66. The summed E-state index contributed by atoms with van der Waals surface area (Å²) in [7, 11) is 2.26. The summed E-state index contributed by atoms with van der Waals surface area (Å²) in [4.78, 5) is 7.60. The van der Waals surface area contributed by atoms with E-state index in [4.69, 9.17) is 4.74 Å². The van der Waals surface area contributed by atoms with Crippen molar-refractivity contribution in [3.63, 3.8) is 0 Å². The average molecular weight is 402 g/mol. The molecule has 4 nitrogen and oxygen atoms in total. The van der Waals surface area contributed by atoms with Crippen LogP contribution in [-0.2, 0) is 11.3 Å². The van der Waals surface area contributed by atoms with Crippen molar-refractivity contribution in [3.8, 4) is 0 Å². The van der Waals surface area contributed by atoms with E-state index >= 15 is 0 Å². The third kappa shape index (κ3) is 6.70. The van der Waals surface area contributed by atoms with E-state index < -0.39 is 0 Å². The van der Waals surface area contributed by atoms with Crippen molar-refractivity contribution < 1.29 is 4.74 Å². The number of nitrogens with zero attached hydrogens (tertiary/aromatic N) is 3. The molecule has 1 saturated carbocycles. The smallest absolute Gasteiger partial charge is 0.0605 e. The van der Waals surface area contributed by atoms with Crippen LogP contribution in [0.1, 0.15) is 58.9 Å². The third-order valence-corrected chi connectivity index (χ3v) is 6.75. The molecule has 0 radical (unpaired) electrons. The first-order chi connectivity index (χ1) is 13.9. The number of ether oxygens (including phenoxy) is 1. The highest BCUT2D eigenvalue weighted by molar-refractivity contribution is 5.48. The molecule has 1 heterocycles. The topological polar surface area (TPSA) is 19.0 Å². The van der Waals surface area contributed by atoms with E-state index in [-0.39, 0.29) is 0 Å². The van der Waals surface area contributed by atoms with E-state index in [0.29, 0.717) is 18.2 Å². The van der Waals surface area contributed by atoms with Gasteiger partial charge in [0.25, 0.3) is 0 Å². The largest absolute Gasteiger partial charge is 0.378 e. The van der Waals surface area contributed by atoms with Crippen LogP contribution in [0.25, 0.3) is 0 Å². The summed E-state index contributed by atoms with van der Waals surface area (Å²) in [5.41, 5.74) is 2.79. The van der Waals surface area contributed by atoms with Gasteiger partial charge in [-0.1, -0.05) is 26.0 Å². The Morgan fingerprint density at radius 1 is 1.00 bits per heavy atom. The minimum Gasteiger partial charge on any atom is -0.378 e. The SMILES string of the molecule is CC(C)CCCO[C@H]1C[C@H](N(C)Cc2ccc(N3CCN(C(C)C)CC3)cc2)C1. The van der Waals surface area contributed by atoms with Crippen molar-refractivity contribution in [1.29, 1.82) is 0 Å². The molecular formula is C25H43N3O. The van der Waals surface area contributed by atoms with Gasteiger partial charge in [0.15, 0.2) is 0 Å². The highest BCUT2D eigenvalue weighted by Crippen LogP contribution is 2.29. The Morgan fingerprint density at radius 3 is 2.24 bits per heavy atom. The van der Waals surface area contributed by atoms with Gasteiger partial charge in [-0.05, 0) is 70.2 Å². The highest BCUT2D eigenvalue weighted by atomic mass is 16.5. The molecule has 4 heteroatoms. The Balaban J connectivity index is 1.36. The lowest BCUT2D eigenvalue weighted by Crippen LogP contribution is -2.48. The number of hydrogen-bond donors (Lipinski definition) is 0. The Morgan fingerprint density at radius 2 is 1.66 bits per heavy atom. The zero-order chi connectivity index (χ0) is 20.8. The number of rotatable bonds is 10. The quantitative estimate of drug-likeness (QED) is 0.532. The lowest BCUT2D eigenvalue weighted by atomic mass is 9.88. The van der Waals surface area contributed by atoms with Gasteiger partial charge in [0.05, 0.1) is 6.10 Å². The summed E-state index contributed by atoms with van der Waals surface area (Å²) in [6.07, 6.45) is 5.35. The minimum atomic E-state index is 0.487. The molecule has 0 N–H and O–H groups in total. The van der Waals surface area contributed by atoms with Gasteiger partial charge in [0, 0.05) is 57.1 Å². The maximum Gasteiger partial charge on any atom is 0.0605 e. The maximum absolute atomic E-state index is 6.03. The van der Waals surface area contributed by atoms with Gasteiger partial charge in [0.1, 0.15) is 0 Å². The molecule has 3 rings (SSSR count). The standard InChI is InChI=1S/C25H43N3O/c1-20(2)7-6-16-29-25-17-24(18-25)26(5)19-22-8-10-23(11-9-22)28-14-12-27(13-15-28)21(3)4/h8-11,20-21,24-25H,6-7,12-19H2,1-5H3/t24-,25-. The van der Waals surface area contributed by atoms with E-state index in [1.165, 1.54) is 50.0 Å². The fourth-order valence-corrected chi connectivity index (χ4v) is 4.50. The summed E-state index contributed by atoms with van der Waals surface area (Å²) in [6, 6.07) is 10.6. The lowest BCUT2D eigenvalue weighted by Gasteiger charge is -2.41. The molecule has 1 aromatic rings. The van der Waals surface area contributed by atoms with Crippen LogP contribution in [0, 0.1) is 5.92 Å². The van der Waals surface area contributed by atoms with Crippen LogP contribution >= 0.6 is 0 Å². The number of hydrogen-bond acceptors (Lipinski definition) is 4. The first kappa shape index (κ1) is 22.6. The van der Waals surface area contributed by atoms with Gasteiger partial charge in [-0.3, -0.25) is 9.80 Å². The summed E-state index contributed by atoms with van der Waals surface area (Å²) in [6.45, 7) is 15.7. The van der Waals surface area contributed by atoms with Gasteiger partial charge >= 0.3 is 0 Å². The van der Waals surface area contributed by atoms with Gasteiger partial charge in [0.2, 0.25) is 0 Å². The zero-order valence-corrected chi connectivity index (χ0v) is 19.4. The summed E-state index contributed by atoms with van der Waals surface area (Å²) >= 11 is 0. The molecule has 2 fully saturated rings. The number of benzene rings is 1. The van der Waals surface area contributed by atoms with Gasteiger partial charge in [-0.15, -0.1) is 0 Å². The molecule has 0 atom stereocenters. The third-order valence-electron chi connectivity index (χ3n) is 6.75. The first-order valence-corrected chi connectivity index (χ1v) is 11.8. The Labute approximate surface area is 179 Å². The molecule has 2 aliphatic rings. The molecule has 164 valence electrons. The van der Waals surface area contributed by atoms with Gasteiger partial charge < -0.3 is 9.64 Å². The van der Waals surface area contributed by atoms with Crippen LogP contribution in [-0.4, -0.2) is 67.8 Å². The molecule has 29 heavy (non-hydrogen) atoms. The predicted octanol–water partition coefficient (Wildman–Crippen LogP) is 4.63. The van der Waals surface area contributed by atoms with E-state index in [2.05, 4.69) is 73.7 Å². The number of anilines is 1.